The van der Waals surface area contributed by atoms with E-state index < -0.39 is 0 Å². The molecule has 4 rings (SSSR count). The lowest BCUT2D eigenvalue weighted by Crippen LogP contribution is -2.01. The maximum atomic E-state index is 5.57. The van der Waals surface area contributed by atoms with Crippen molar-refractivity contribution in [1.82, 2.24) is 14.6 Å². The minimum atomic E-state index is 0.267. The van der Waals surface area contributed by atoms with Gasteiger partial charge in [0.05, 0.1) is 11.9 Å². The van der Waals surface area contributed by atoms with E-state index in [1.165, 1.54) is 0 Å². The van der Waals surface area contributed by atoms with E-state index in [1.807, 2.05) is 36.5 Å². The second-order valence-corrected chi connectivity index (χ2v) is 4.73. The Morgan fingerprint density at radius 2 is 2.10 bits per heavy atom. The van der Waals surface area contributed by atoms with Gasteiger partial charge in [-0.25, -0.2) is 4.52 Å². The first kappa shape index (κ1) is 11.8. The largest absolute Gasteiger partial charge is 0.454 e. The van der Waals surface area contributed by atoms with Gasteiger partial charge in [0, 0.05) is 6.54 Å². The molecule has 1 aliphatic heterocycles. The number of ether oxygens (including phenoxy) is 2. The highest BCUT2D eigenvalue weighted by molar-refractivity contribution is 5.52. The fourth-order valence-electron chi connectivity index (χ4n) is 2.26. The fraction of sp³-hybridized carbons (Fsp3) is 0.143. The van der Waals surface area contributed by atoms with Crippen molar-refractivity contribution in [2.45, 2.75) is 6.54 Å². The third kappa shape index (κ3) is 2.18. The molecule has 0 aliphatic carbocycles. The average molecular weight is 283 g/mol. The Kier molecular flexibility index (Phi) is 2.56. The van der Waals surface area contributed by atoms with E-state index in [1.54, 1.807) is 4.52 Å². The zero-order chi connectivity index (χ0) is 14.2. The number of hydrogen-bond acceptors (Lipinski definition) is 6. The molecule has 3 N–H and O–H groups in total. The first-order valence-electron chi connectivity index (χ1n) is 6.52. The lowest BCUT2D eigenvalue weighted by Gasteiger charge is -2.07. The standard InChI is InChI=1S/C14H13N5O2/c15-14-17-13-4-2-10(7-19(13)18-14)16-6-9-1-3-11-12(5-9)21-8-20-11/h1-5,7,16H,6,8H2,(H2,15,18). The number of fused-ring (bicyclic) bond motifs is 2. The van der Waals surface area contributed by atoms with Crippen molar-refractivity contribution in [3.8, 4) is 11.5 Å². The molecule has 7 nitrogen and oxygen atoms in total. The zero-order valence-corrected chi connectivity index (χ0v) is 11.1. The second kappa shape index (κ2) is 4.55. The molecule has 0 unspecified atom stereocenters. The predicted octanol–water partition coefficient (Wildman–Crippen LogP) is 1.65. The molecule has 0 radical (unpaired) electrons. The summed E-state index contributed by atoms with van der Waals surface area (Å²) in [7, 11) is 0. The number of nitrogen functional groups attached to an aromatic ring is 1. The van der Waals surface area contributed by atoms with Gasteiger partial charge in [-0.1, -0.05) is 6.07 Å². The van der Waals surface area contributed by atoms with Crippen molar-refractivity contribution in [2.75, 3.05) is 17.8 Å². The molecule has 0 fully saturated rings. The molecule has 3 heterocycles. The number of benzene rings is 1. The second-order valence-electron chi connectivity index (χ2n) is 4.73. The lowest BCUT2D eigenvalue weighted by molar-refractivity contribution is 0.174. The zero-order valence-electron chi connectivity index (χ0n) is 11.1. The average Bonchev–Trinajstić information content (AvgIpc) is 3.08. The van der Waals surface area contributed by atoms with Crippen molar-refractivity contribution in [3.63, 3.8) is 0 Å². The summed E-state index contributed by atoms with van der Waals surface area (Å²) in [5.41, 5.74) is 8.34. The molecule has 0 amide bonds. The number of pyridine rings is 1. The van der Waals surface area contributed by atoms with Crippen LogP contribution in [0.5, 0.6) is 11.5 Å². The van der Waals surface area contributed by atoms with Gasteiger partial charge in [-0.3, -0.25) is 0 Å². The van der Waals surface area contributed by atoms with Crippen molar-refractivity contribution < 1.29 is 9.47 Å². The SMILES string of the molecule is Nc1nc2ccc(NCc3ccc4c(c3)OCO4)cn2n1. The topological polar surface area (TPSA) is 86.7 Å². The van der Waals surface area contributed by atoms with Crippen molar-refractivity contribution >= 4 is 17.3 Å². The van der Waals surface area contributed by atoms with Crippen LogP contribution in [0.15, 0.2) is 36.5 Å². The Morgan fingerprint density at radius 3 is 3.05 bits per heavy atom. The number of hydrogen-bond donors (Lipinski definition) is 2. The van der Waals surface area contributed by atoms with Crippen molar-refractivity contribution in [1.29, 1.82) is 0 Å². The van der Waals surface area contributed by atoms with Crippen molar-refractivity contribution in [3.05, 3.63) is 42.1 Å². The minimum absolute atomic E-state index is 0.267. The van der Waals surface area contributed by atoms with E-state index in [-0.39, 0.29) is 12.7 Å². The monoisotopic (exact) mass is 283 g/mol. The van der Waals surface area contributed by atoms with Crippen LogP contribution in [0.3, 0.4) is 0 Å². The molecule has 0 saturated carbocycles. The summed E-state index contributed by atoms with van der Waals surface area (Å²) in [5.74, 6) is 1.84. The molecule has 0 spiro atoms. The van der Waals surface area contributed by atoms with Gasteiger partial charge in [-0.05, 0) is 29.8 Å². The summed E-state index contributed by atoms with van der Waals surface area (Å²) in [4.78, 5) is 4.08. The van der Waals surface area contributed by atoms with Gasteiger partial charge in [-0.15, -0.1) is 5.10 Å². The van der Waals surface area contributed by atoms with Gasteiger partial charge in [0.1, 0.15) is 0 Å². The molecule has 1 aliphatic rings. The first-order chi connectivity index (χ1) is 10.3. The normalized spacial score (nSPS) is 12.8. The third-order valence-corrected chi connectivity index (χ3v) is 3.28. The summed E-state index contributed by atoms with van der Waals surface area (Å²) >= 11 is 0. The molecular formula is C14H13N5O2. The van der Waals surface area contributed by atoms with E-state index in [4.69, 9.17) is 15.2 Å². The molecule has 0 atom stereocenters. The maximum absolute atomic E-state index is 5.57. The summed E-state index contributed by atoms with van der Waals surface area (Å²) in [6.07, 6.45) is 1.85. The van der Waals surface area contributed by atoms with Gasteiger partial charge < -0.3 is 20.5 Å². The summed E-state index contributed by atoms with van der Waals surface area (Å²) in [6, 6.07) is 9.70. The Bertz CT molecular complexity index is 814. The minimum Gasteiger partial charge on any atom is -0.454 e. The number of nitrogens with two attached hydrogens (primary N) is 1. The van der Waals surface area contributed by atoms with Crippen LogP contribution in [-0.2, 0) is 6.54 Å². The molecule has 1 aromatic carbocycles. The highest BCUT2D eigenvalue weighted by atomic mass is 16.7. The van der Waals surface area contributed by atoms with Crippen LogP contribution in [0.4, 0.5) is 11.6 Å². The molecular weight excluding hydrogens is 270 g/mol. The van der Waals surface area contributed by atoms with E-state index in [0.717, 1.165) is 28.4 Å². The smallest absolute Gasteiger partial charge is 0.240 e. The number of rotatable bonds is 3. The highest BCUT2D eigenvalue weighted by Crippen LogP contribution is 2.32. The predicted molar refractivity (Wildman–Crippen MR) is 77.3 cm³/mol. The van der Waals surface area contributed by atoms with Gasteiger partial charge in [0.25, 0.3) is 0 Å². The maximum Gasteiger partial charge on any atom is 0.240 e. The molecule has 7 heteroatoms. The van der Waals surface area contributed by atoms with Crippen LogP contribution in [0.2, 0.25) is 0 Å². The molecule has 0 saturated heterocycles. The molecule has 2 aromatic heterocycles. The number of anilines is 2. The third-order valence-electron chi connectivity index (χ3n) is 3.28. The first-order valence-corrected chi connectivity index (χ1v) is 6.52. The molecule has 21 heavy (non-hydrogen) atoms. The van der Waals surface area contributed by atoms with E-state index in [9.17, 15) is 0 Å². The van der Waals surface area contributed by atoms with E-state index in [0.29, 0.717) is 6.54 Å². The highest BCUT2D eigenvalue weighted by Gasteiger charge is 2.12. The van der Waals surface area contributed by atoms with Gasteiger partial charge in [-0.2, -0.15) is 4.98 Å². The van der Waals surface area contributed by atoms with E-state index in [2.05, 4.69) is 15.4 Å². The van der Waals surface area contributed by atoms with Gasteiger partial charge in [0.2, 0.25) is 12.7 Å². The Labute approximate surface area is 120 Å². The summed E-state index contributed by atoms with van der Waals surface area (Å²) in [6.45, 7) is 0.961. The van der Waals surface area contributed by atoms with Gasteiger partial charge >= 0.3 is 0 Å². The summed E-state index contributed by atoms with van der Waals surface area (Å²) < 4.78 is 12.3. The van der Waals surface area contributed by atoms with Crippen LogP contribution in [0.25, 0.3) is 5.65 Å². The van der Waals surface area contributed by atoms with Crippen LogP contribution in [0, 0.1) is 0 Å². The Morgan fingerprint density at radius 1 is 1.19 bits per heavy atom. The lowest BCUT2D eigenvalue weighted by atomic mass is 10.2. The molecule has 106 valence electrons. The van der Waals surface area contributed by atoms with Gasteiger partial charge in [0.15, 0.2) is 17.1 Å². The number of nitrogens with zero attached hydrogens (tertiary/aromatic N) is 3. The van der Waals surface area contributed by atoms with Crippen molar-refractivity contribution in [2.24, 2.45) is 0 Å². The van der Waals surface area contributed by atoms with Crippen LogP contribution >= 0.6 is 0 Å². The number of aromatic nitrogens is 3. The van der Waals surface area contributed by atoms with Crippen LogP contribution in [-0.4, -0.2) is 21.4 Å². The summed E-state index contributed by atoms with van der Waals surface area (Å²) in [5, 5.41) is 7.41. The quantitative estimate of drug-likeness (QED) is 0.760. The number of nitrogens with one attached hydrogen (secondary N) is 1. The van der Waals surface area contributed by atoms with Crippen LogP contribution in [0.1, 0.15) is 5.56 Å². The van der Waals surface area contributed by atoms with Crippen LogP contribution < -0.4 is 20.5 Å². The Hall–Kier alpha value is -2.96. The van der Waals surface area contributed by atoms with E-state index >= 15 is 0 Å². The Balaban J connectivity index is 1.52. The fourth-order valence-corrected chi connectivity index (χ4v) is 2.26. The molecule has 3 aromatic rings. The molecule has 0 bridgehead atoms.